The fourth-order valence-corrected chi connectivity index (χ4v) is 2.93. The number of hydrogen-bond donors (Lipinski definition) is 0. The summed E-state index contributed by atoms with van der Waals surface area (Å²) in [6.07, 6.45) is 0.272. The summed E-state index contributed by atoms with van der Waals surface area (Å²) in [7, 11) is 1.59. The van der Waals surface area contributed by atoms with Crippen LogP contribution in [0.2, 0.25) is 0 Å². The molecule has 2 aliphatic heterocycles. The maximum Gasteiger partial charge on any atom is 0.417 e. The summed E-state index contributed by atoms with van der Waals surface area (Å²) in [5.74, 6) is 0.399. The third-order valence-corrected chi connectivity index (χ3v) is 4.18. The predicted molar refractivity (Wildman–Crippen MR) is 79.9 cm³/mol. The minimum absolute atomic E-state index is 0.0160. The zero-order valence-electron chi connectivity index (χ0n) is 12.9. The third-order valence-electron chi connectivity index (χ3n) is 4.18. The Balaban J connectivity index is 1.58. The van der Waals surface area contributed by atoms with Gasteiger partial charge in [0.2, 0.25) is 5.91 Å². The zero-order chi connectivity index (χ0) is 16.4. The third kappa shape index (κ3) is 3.13. The van der Waals surface area contributed by atoms with Crippen LogP contribution in [0.15, 0.2) is 24.3 Å². The molecule has 0 unspecified atom stereocenters. The van der Waals surface area contributed by atoms with Crippen molar-refractivity contribution in [1.29, 1.82) is 0 Å². The Morgan fingerprint density at radius 2 is 2.04 bits per heavy atom. The molecule has 2 aliphatic rings. The fraction of sp³-hybridized carbons (Fsp3) is 0.438. The van der Waals surface area contributed by atoms with Crippen LogP contribution in [-0.4, -0.2) is 60.6 Å². The van der Waals surface area contributed by atoms with Gasteiger partial charge in [0, 0.05) is 13.1 Å². The van der Waals surface area contributed by atoms with Crippen LogP contribution in [0, 0.1) is 0 Å². The van der Waals surface area contributed by atoms with E-state index in [9.17, 15) is 14.4 Å². The Hall–Kier alpha value is -2.57. The van der Waals surface area contributed by atoms with Crippen LogP contribution >= 0.6 is 0 Å². The average molecular weight is 318 g/mol. The molecule has 0 radical (unpaired) electrons. The lowest BCUT2D eigenvalue weighted by Crippen LogP contribution is -2.42. The van der Waals surface area contributed by atoms with Gasteiger partial charge in [-0.2, -0.15) is 0 Å². The van der Waals surface area contributed by atoms with Gasteiger partial charge in [0.1, 0.15) is 5.75 Å². The number of likely N-dealkylation sites (tertiary alicyclic amines) is 1. The molecule has 7 nitrogen and oxygen atoms in total. The smallest absolute Gasteiger partial charge is 0.417 e. The van der Waals surface area contributed by atoms with Crippen LogP contribution in [-0.2, 0) is 20.7 Å². The highest BCUT2D eigenvalue weighted by Crippen LogP contribution is 2.21. The van der Waals surface area contributed by atoms with Crippen LogP contribution in [0.4, 0.5) is 4.79 Å². The van der Waals surface area contributed by atoms with E-state index in [1.807, 2.05) is 24.3 Å². The molecule has 0 saturated carbocycles. The Morgan fingerprint density at radius 3 is 2.65 bits per heavy atom. The van der Waals surface area contributed by atoms with E-state index in [1.54, 1.807) is 12.0 Å². The molecule has 122 valence electrons. The molecule has 1 aromatic carbocycles. The molecule has 0 aliphatic carbocycles. The number of hydrogen-bond acceptors (Lipinski definition) is 5. The minimum Gasteiger partial charge on any atom is -0.497 e. The topological polar surface area (TPSA) is 76.2 Å². The molecule has 0 spiro atoms. The molecule has 2 saturated heterocycles. The normalized spacial score (nSPS) is 20.8. The summed E-state index contributed by atoms with van der Waals surface area (Å²) >= 11 is 0. The Bertz CT molecular complexity index is 612. The summed E-state index contributed by atoms with van der Waals surface area (Å²) in [4.78, 5) is 38.4. The minimum atomic E-state index is -0.607. The Kier molecular flexibility index (Phi) is 4.18. The number of rotatable bonds is 4. The fourth-order valence-electron chi connectivity index (χ4n) is 2.93. The molecule has 7 heteroatoms. The maximum atomic E-state index is 12.4. The van der Waals surface area contributed by atoms with Crippen LogP contribution in [0.25, 0.3) is 0 Å². The predicted octanol–water partition coefficient (Wildman–Crippen LogP) is 0.817. The first-order valence-electron chi connectivity index (χ1n) is 7.48. The average Bonchev–Trinajstić information content (AvgIpc) is 3.15. The number of methoxy groups -OCH3 is 1. The van der Waals surface area contributed by atoms with Crippen molar-refractivity contribution >= 4 is 17.9 Å². The van der Waals surface area contributed by atoms with E-state index in [2.05, 4.69) is 0 Å². The molecule has 3 amide bonds. The van der Waals surface area contributed by atoms with Gasteiger partial charge in [0.05, 0.1) is 19.6 Å². The van der Waals surface area contributed by atoms with Crippen molar-refractivity contribution in [3.05, 3.63) is 29.8 Å². The van der Waals surface area contributed by atoms with Crippen LogP contribution in [0.1, 0.15) is 12.0 Å². The molecule has 2 fully saturated rings. The van der Waals surface area contributed by atoms with Gasteiger partial charge in [-0.15, -0.1) is 0 Å². The monoisotopic (exact) mass is 318 g/mol. The number of nitrogens with zero attached hydrogens (tertiary/aromatic N) is 2. The van der Waals surface area contributed by atoms with Gasteiger partial charge in [0.15, 0.2) is 6.61 Å². The Labute approximate surface area is 133 Å². The number of cyclic esters (lactones) is 1. The zero-order valence-corrected chi connectivity index (χ0v) is 12.9. The van der Waals surface area contributed by atoms with Gasteiger partial charge in [-0.3, -0.25) is 9.59 Å². The molecule has 0 N–H and O–H groups in total. The van der Waals surface area contributed by atoms with E-state index < -0.39 is 6.09 Å². The number of carbonyl (C=O) groups is 3. The molecule has 3 rings (SSSR count). The van der Waals surface area contributed by atoms with Gasteiger partial charge in [-0.25, -0.2) is 9.69 Å². The maximum absolute atomic E-state index is 12.4. The van der Waals surface area contributed by atoms with Gasteiger partial charge < -0.3 is 14.4 Å². The largest absolute Gasteiger partial charge is 0.497 e. The molecular weight excluding hydrogens is 300 g/mol. The second-order valence-corrected chi connectivity index (χ2v) is 5.63. The molecular formula is C16H18N2O5. The number of amides is 3. The summed E-state index contributed by atoms with van der Waals surface area (Å²) in [5.41, 5.74) is 0.899. The second-order valence-electron chi connectivity index (χ2n) is 5.63. The van der Waals surface area contributed by atoms with Gasteiger partial charge in [-0.05, 0) is 24.1 Å². The lowest BCUT2D eigenvalue weighted by molar-refractivity contribution is -0.131. The highest BCUT2D eigenvalue weighted by atomic mass is 16.6. The first-order chi connectivity index (χ1) is 11.1. The van der Waals surface area contributed by atoms with E-state index in [0.717, 1.165) is 16.2 Å². The number of carbonyl (C=O) groups excluding carboxylic acids is 3. The second kappa shape index (κ2) is 6.28. The standard InChI is InChI=1S/C16H18N2O5/c1-22-13-4-2-11(3-5-13)8-14(19)17-7-6-12(9-17)18-15(20)10-23-16(18)21/h2-5,12H,6-10H2,1H3/t12-/m1/s1. The summed E-state index contributed by atoms with van der Waals surface area (Å²) in [6.45, 7) is 0.710. The first kappa shape index (κ1) is 15.3. The molecule has 1 atom stereocenters. The van der Waals surface area contributed by atoms with Crippen molar-refractivity contribution in [3.8, 4) is 5.75 Å². The first-order valence-corrected chi connectivity index (χ1v) is 7.48. The molecule has 23 heavy (non-hydrogen) atoms. The highest BCUT2D eigenvalue weighted by Gasteiger charge is 2.41. The lowest BCUT2D eigenvalue weighted by atomic mass is 10.1. The van der Waals surface area contributed by atoms with Gasteiger partial charge >= 0.3 is 6.09 Å². The summed E-state index contributed by atoms with van der Waals surface area (Å²) in [6, 6.07) is 7.05. The molecule has 2 heterocycles. The number of benzene rings is 1. The van der Waals surface area contributed by atoms with Gasteiger partial charge in [0.25, 0.3) is 5.91 Å². The SMILES string of the molecule is COc1ccc(CC(=O)N2CC[C@@H](N3C(=O)COC3=O)C2)cc1. The van der Waals surface area contributed by atoms with Crippen molar-refractivity contribution in [2.45, 2.75) is 18.9 Å². The number of ether oxygens (including phenoxy) is 2. The summed E-state index contributed by atoms with van der Waals surface area (Å²) < 4.78 is 9.81. The molecule has 1 aromatic rings. The van der Waals surface area contributed by atoms with E-state index in [4.69, 9.17) is 9.47 Å². The lowest BCUT2D eigenvalue weighted by Gasteiger charge is -2.20. The van der Waals surface area contributed by atoms with E-state index in [1.165, 1.54) is 0 Å². The highest BCUT2D eigenvalue weighted by molar-refractivity contribution is 5.98. The van der Waals surface area contributed by atoms with Crippen LogP contribution in [0.3, 0.4) is 0 Å². The summed E-state index contributed by atoms with van der Waals surface area (Å²) in [5, 5.41) is 0. The van der Waals surface area contributed by atoms with Gasteiger partial charge in [-0.1, -0.05) is 12.1 Å². The Morgan fingerprint density at radius 1 is 1.30 bits per heavy atom. The number of imide groups is 1. The van der Waals surface area contributed by atoms with E-state index in [-0.39, 0.29) is 30.9 Å². The molecule has 0 aromatic heterocycles. The van der Waals surface area contributed by atoms with Crippen molar-refractivity contribution in [2.24, 2.45) is 0 Å². The van der Waals surface area contributed by atoms with E-state index in [0.29, 0.717) is 19.5 Å². The van der Waals surface area contributed by atoms with Crippen molar-refractivity contribution in [1.82, 2.24) is 9.80 Å². The van der Waals surface area contributed by atoms with Crippen molar-refractivity contribution in [3.63, 3.8) is 0 Å². The van der Waals surface area contributed by atoms with Crippen molar-refractivity contribution in [2.75, 3.05) is 26.8 Å². The van der Waals surface area contributed by atoms with Crippen LogP contribution < -0.4 is 4.74 Å². The van der Waals surface area contributed by atoms with Crippen molar-refractivity contribution < 1.29 is 23.9 Å². The molecule has 0 bridgehead atoms. The quantitative estimate of drug-likeness (QED) is 0.821. The van der Waals surface area contributed by atoms with E-state index >= 15 is 0 Å². The van der Waals surface area contributed by atoms with Crippen LogP contribution in [0.5, 0.6) is 5.75 Å².